The quantitative estimate of drug-likeness (QED) is 0.0705. The van der Waals surface area contributed by atoms with Crippen molar-refractivity contribution in [1.29, 1.82) is 0 Å². The third-order valence-electron chi connectivity index (χ3n) is 6.47. The number of hydrogen-bond donors (Lipinski definition) is 1. The molecule has 0 heterocycles. The van der Waals surface area contributed by atoms with Crippen LogP contribution < -0.4 is 0 Å². The monoisotopic (exact) mass is 610 g/mol. The summed E-state index contributed by atoms with van der Waals surface area (Å²) >= 11 is 5.92. The number of carbonyl (C=O) groups is 1. The fourth-order valence-corrected chi connectivity index (χ4v) is 4.61. The van der Waals surface area contributed by atoms with Gasteiger partial charge in [-0.25, -0.2) is 4.79 Å². The smallest absolute Gasteiger partial charge is 0.339 e. The Morgan fingerprint density at radius 1 is 0.905 bits per heavy atom. The zero-order valence-corrected chi connectivity index (χ0v) is 24.9. The predicted molar refractivity (Wildman–Crippen MR) is 161 cm³/mol. The Kier molecular flexibility index (Phi) is 11.3. The molecule has 0 aromatic heterocycles. The summed E-state index contributed by atoms with van der Waals surface area (Å²) in [5.41, 5.74) is 4.99. The lowest BCUT2D eigenvalue weighted by Gasteiger charge is -2.30. The summed E-state index contributed by atoms with van der Waals surface area (Å²) in [6.45, 7) is 7.51. The number of esters is 1. The number of carbonyl (C=O) groups excluding carboxylic acids is 1. The van der Waals surface area contributed by atoms with Crippen LogP contribution in [-0.2, 0) is 27.9 Å². The minimum absolute atomic E-state index is 0.353. The Morgan fingerprint density at radius 3 is 1.90 bits per heavy atom. The molecule has 0 aliphatic rings. The van der Waals surface area contributed by atoms with E-state index in [2.05, 4.69) is 43.0 Å². The normalized spacial score (nSPS) is 11.8. The summed E-state index contributed by atoms with van der Waals surface area (Å²) in [5, 5.41) is 10.8. The summed E-state index contributed by atoms with van der Waals surface area (Å²) in [7, 11) is -4.36. The topological polar surface area (TPSA) is 127 Å². The second-order valence-electron chi connectivity index (χ2n) is 9.50. The summed E-state index contributed by atoms with van der Waals surface area (Å²) < 4.78 is 35.4. The van der Waals surface area contributed by atoms with Crippen LogP contribution in [0.1, 0.15) is 39.5 Å². The Morgan fingerprint density at radius 2 is 1.43 bits per heavy atom. The maximum absolute atomic E-state index is 12.6. The first-order chi connectivity index (χ1) is 19.8. The van der Waals surface area contributed by atoms with E-state index in [0.29, 0.717) is 23.7 Å². The summed E-state index contributed by atoms with van der Waals surface area (Å²) in [5.74, 6) is -0.353. The second-order valence-corrected chi connectivity index (χ2v) is 11.4. The maximum atomic E-state index is 12.6. The SMILES string of the molecule is Cc1ccccc1CN(Cc1ccccc1C)C(C)OC(=O)c1ccc(Cl)cc1.O=[N+]([O-])c1cccc(S(=O)(=O)O)c1. The van der Waals surface area contributed by atoms with Crippen molar-refractivity contribution >= 4 is 33.4 Å². The molecular weight excluding hydrogens is 580 g/mol. The van der Waals surface area contributed by atoms with Gasteiger partial charge in [0.25, 0.3) is 15.8 Å². The Balaban J connectivity index is 0.000000312. The molecule has 220 valence electrons. The molecule has 4 aromatic rings. The van der Waals surface area contributed by atoms with E-state index in [1.54, 1.807) is 24.3 Å². The molecule has 1 atom stereocenters. The number of halogens is 1. The molecule has 0 spiro atoms. The molecule has 0 fully saturated rings. The lowest BCUT2D eigenvalue weighted by molar-refractivity contribution is -0.385. The van der Waals surface area contributed by atoms with Crippen LogP contribution in [0.25, 0.3) is 0 Å². The Hall–Kier alpha value is -4.09. The molecule has 42 heavy (non-hydrogen) atoms. The molecule has 9 nitrogen and oxygen atoms in total. The van der Waals surface area contributed by atoms with E-state index in [-0.39, 0.29) is 11.7 Å². The zero-order valence-electron chi connectivity index (χ0n) is 23.3. The molecule has 0 saturated heterocycles. The highest BCUT2D eigenvalue weighted by Gasteiger charge is 2.21. The van der Waals surface area contributed by atoms with Gasteiger partial charge in [0.15, 0.2) is 6.23 Å². The molecule has 1 unspecified atom stereocenters. The lowest BCUT2D eigenvalue weighted by Crippen LogP contribution is -2.36. The average Bonchev–Trinajstić information content (AvgIpc) is 2.95. The number of nitro benzene ring substituents is 1. The lowest BCUT2D eigenvalue weighted by atomic mass is 10.1. The van der Waals surface area contributed by atoms with E-state index in [1.807, 2.05) is 31.2 Å². The van der Waals surface area contributed by atoms with Crippen molar-refractivity contribution in [3.8, 4) is 0 Å². The molecule has 4 rings (SSSR count). The van der Waals surface area contributed by atoms with Gasteiger partial charge in [-0.3, -0.25) is 19.6 Å². The van der Waals surface area contributed by atoms with E-state index in [9.17, 15) is 23.3 Å². The number of ether oxygens (including phenoxy) is 1. The number of nitro groups is 1. The third kappa shape index (κ3) is 9.49. The fourth-order valence-electron chi connectivity index (χ4n) is 3.97. The third-order valence-corrected chi connectivity index (χ3v) is 7.57. The molecular formula is C31H31ClN2O7S. The Labute approximate surface area is 250 Å². The highest BCUT2D eigenvalue weighted by molar-refractivity contribution is 7.85. The van der Waals surface area contributed by atoms with Gasteiger partial charge in [-0.15, -0.1) is 0 Å². The zero-order chi connectivity index (χ0) is 30.9. The molecule has 0 radical (unpaired) electrons. The standard InChI is InChI=1S/C25H26ClNO2.C6H5NO5S/c1-18-8-4-6-10-22(18)16-27(17-23-11-7-5-9-19(23)2)20(3)29-25(28)21-12-14-24(26)15-13-21;8-7(9)5-2-1-3-6(4-5)13(10,11)12/h4-15,20H,16-17H2,1-3H3;1-4H,(H,10,11,12). The summed E-state index contributed by atoms with van der Waals surface area (Å²) in [6.07, 6.45) is -0.391. The first-order valence-corrected chi connectivity index (χ1v) is 14.7. The van der Waals surface area contributed by atoms with Gasteiger partial charge in [-0.2, -0.15) is 8.42 Å². The molecule has 0 amide bonds. The van der Waals surface area contributed by atoms with Crippen molar-refractivity contribution in [3.63, 3.8) is 0 Å². The van der Waals surface area contributed by atoms with Gasteiger partial charge in [0.1, 0.15) is 4.90 Å². The number of nitrogens with zero attached hydrogens (tertiary/aromatic N) is 2. The first-order valence-electron chi connectivity index (χ1n) is 12.9. The highest BCUT2D eigenvalue weighted by Crippen LogP contribution is 2.20. The van der Waals surface area contributed by atoms with Crippen LogP contribution >= 0.6 is 11.6 Å². The summed E-state index contributed by atoms with van der Waals surface area (Å²) in [6, 6.07) is 27.5. The average molecular weight is 611 g/mol. The van der Waals surface area contributed by atoms with Crippen LogP contribution in [0.5, 0.6) is 0 Å². The van der Waals surface area contributed by atoms with Gasteiger partial charge in [0.05, 0.1) is 10.5 Å². The molecule has 0 saturated carbocycles. The predicted octanol–water partition coefficient (Wildman–Crippen LogP) is 7.00. The van der Waals surface area contributed by atoms with Crippen molar-refractivity contribution in [2.75, 3.05) is 0 Å². The van der Waals surface area contributed by atoms with E-state index in [1.165, 1.54) is 28.3 Å². The van der Waals surface area contributed by atoms with Crippen molar-refractivity contribution < 1.29 is 27.4 Å². The molecule has 11 heteroatoms. The van der Waals surface area contributed by atoms with Crippen LogP contribution in [0, 0.1) is 24.0 Å². The minimum Gasteiger partial charge on any atom is -0.443 e. The van der Waals surface area contributed by atoms with Crippen LogP contribution in [0.3, 0.4) is 0 Å². The highest BCUT2D eigenvalue weighted by atomic mass is 35.5. The molecule has 0 bridgehead atoms. The Bertz CT molecular complexity index is 1600. The number of hydrogen-bond acceptors (Lipinski definition) is 7. The van der Waals surface area contributed by atoms with Crippen LogP contribution in [0.15, 0.2) is 102 Å². The minimum atomic E-state index is -4.36. The summed E-state index contributed by atoms with van der Waals surface area (Å²) in [4.78, 5) is 23.8. The van der Waals surface area contributed by atoms with Gasteiger partial charge in [0, 0.05) is 30.2 Å². The van der Waals surface area contributed by atoms with Crippen molar-refractivity contribution in [2.24, 2.45) is 0 Å². The van der Waals surface area contributed by atoms with Gasteiger partial charge >= 0.3 is 5.97 Å². The van der Waals surface area contributed by atoms with Crippen molar-refractivity contribution in [2.45, 2.75) is 45.0 Å². The molecule has 1 N–H and O–H groups in total. The van der Waals surface area contributed by atoms with E-state index in [4.69, 9.17) is 20.9 Å². The number of rotatable bonds is 9. The van der Waals surface area contributed by atoms with Crippen LogP contribution in [-0.4, -0.2) is 35.0 Å². The van der Waals surface area contributed by atoms with Crippen molar-refractivity contribution in [1.82, 2.24) is 4.90 Å². The van der Waals surface area contributed by atoms with Gasteiger partial charge in [-0.1, -0.05) is 66.2 Å². The molecule has 0 aliphatic carbocycles. The maximum Gasteiger partial charge on any atom is 0.339 e. The van der Waals surface area contributed by atoms with Crippen LogP contribution in [0.2, 0.25) is 5.02 Å². The number of aryl methyl sites for hydroxylation is 2. The first kappa shape index (κ1) is 32.4. The van der Waals surface area contributed by atoms with Crippen LogP contribution in [0.4, 0.5) is 5.69 Å². The molecule has 4 aromatic carbocycles. The van der Waals surface area contributed by atoms with Gasteiger partial charge in [-0.05, 0) is 73.4 Å². The number of non-ortho nitro benzene ring substituents is 1. The molecule has 0 aliphatic heterocycles. The van der Waals surface area contributed by atoms with E-state index >= 15 is 0 Å². The second kappa shape index (κ2) is 14.7. The number of benzene rings is 4. The van der Waals surface area contributed by atoms with Crippen molar-refractivity contribution in [3.05, 3.63) is 140 Å². The van der Waals surface area contributed by atoms with E-state index < -0.39 is 26.2 Å². The van der Waals surface area contributed by atoms with Gasteiger partial charge < -0.3 is 4.74 Å². The van der Waals surface area contributed by atoms with E-state index in [0.717, 1.165) is 18.2 Å². The largest absolute Gasteiger partial charge is 0.443 e. The fraction of sp³-hybridized carbons (Fsp3) is 0.194. The van der Waals surface area contributed by atoms with Gasteiger partial charge in [0.2, 0.25) is 0 Å².